The molecule has 0 aliphatic heterocycles. The highest BCUT2D eigenvalue weighted by Crippen LogP contribution is 2.24. The summed E-state index contributed by atoms with van der Waals surface area (Å²) in [6.45, 7) is 8.06. The predicted molar refractivity (Wildman–Crippen MR) is 82.1 cm³/mol. The van der Waals surface area contributed by atoms with E-state index in [0.717, 1.165) is 17.1 Å². The number of carbonyl (C=O) groups excluding carboxylic acids is 1. The molecule has 2 aromatic rings. The standard InChI is InChI=1S/C15H21N3O2S/c1-9(2)5-13(15-16-10(3)8-21-15)17-14(19)7-12-6-11(4)20-18-12/h6,8-9,13H,5,7H2,1-4H3,(H,17,19). The Morgan fingerprint density at radius 1 is 1.43 bits per heavy atom. The molecular formula is C15H21N3O2S. The van der Waals surface area contributed by atoms with Gasteiger partial charge in [-0.05, 0) is 26.2 Å². The monoisotopic (exact) mass is 307 g/mol. The topological polar surface area (TPSA) is 68.0 Å². The summed E-state index contributed by atoms with van der Waals surface area (Å²) in [5.74, 6) is 1.14. The molecule has 1 amide bonds. The summed E-state index contributed by atoms with van der Waals surface area (Å²) in [4.78, 5) is 16.7. The van der Waals surface area contributed by atoms with Gasteiger partial charge in [-0.2, -0.15) is 0 Å². The minimum Gasteiger partial charge on any atom is -0.361 e. The minimum absolute atomic E-state index is 0.0378. The molecule has 2 rings (SSSR count). The summed E-state index contributed by atoms with van der Waals surface area (Å²) in [5, 5.41) is 9.89. The van der Waals surface area contributed by atoms with Gasteiger partial charge in [0.25, 0.3) is 0 Å². The van der Waals surface area contributed by atoms with Crippen LogP contribution in [-0.4, -0.2) is 16.0 Å². The van der Waals surface area contributed by atoms with Gasteiger partial charge in [0.05, 0.1) is 18.2 Å². The van der Waals surface area contributed by atoms with Crippen molar-refractivity contribution in [2.75, 3.05) is 0 Å². The lowest BCUT2D eigenvalue weighted by Gasteiger charge is -2.18. The Labute approximate surface area is 128 Å². The van der Waals surface area contributed by atoms with E-state index in [-0.39, 0.29) is 18.4 Å². The van der Waals surface area contributed by atoms with Gasteiger partial charge in [0, 0.05) is 17.1 Å². The number of hydrogen-bond donors (Lipinski definition) is 1. The third-order valence-electron chi connectivity index (χ3n) is 3.00. The van der Waals surface area contributed by atoms with E-state index >= 15 is 0 Å². The van der Waals surface area contributed by atoms with Crippen molar-refractivity contribution >= 4 is 17.2 Å². The SMILES string of the molecule is Cc1csc(C(CC(C)C)NC(=O)Cc2cc(C)on2)n1. The van der Waals surface area contributed by atoms with Gasteiger partial charge in [0.15, 0.2) is 0 Å². The molecule has 0 fully saturated rings. The van der Waals surface area contributed by atoms with Crippen LogP contribution in [0.4, 0.5) is 0 Å². The van der Waals surface area contributed by atoms with E-state index in [1.54, 1.807) is 17.4 Å². The molecule has 0 aliphatic carbocycles. The Kier molecular flexibility index (Phi) is 5.12. The van der Waals surface area contributed by atoms with Crippen LogP contribution in [0.25, 0.3) is 0 Å². The number of hydrogen-bond acceptors (Lipinski definition) is 5. The summed E-state index contributed by atoms with van der Waals surface area (Å²) >= 11 is 1.59. The van der Waals surface area contributed by atoms with Gasteiger partial charge in [-0.3, -0.25) is 4.79 Å². The lowest BCUT2D eigenvalue weighted by Crippen LogP contribution is -2.30. The number of thiazole rings is 1. The third-order valence-corrected chi connectivity index (χ3v) is 4.07. The van der Waals surface area contributed by atoms with E-state index in [9.17, 15) is 4.79 Å². The lowest BCUT2D eigenvalue weighted by atomic mass is 10.0. The number of aromatic nitrogens is 2. The zero-order valence-electron chi connectivity index (χ0n) is 12.8. The normalized spacial score (nSPS) is 12.6. The number of carbonyl (C=O) groups is 1. The fourth-order valence-electron chi connectivity index (χ4n) is 2.14. The van der Waals surface area contributed by atoms with E-state index in [2.05, 4.69) is 29.3 Å². The van der Waals surface area contributed by atoms with Crippen molar-refractivity contribution in [1.82, 2.24) is 15.5 Å². The first kappa shape index (κ1) is 15.7. The lowest BCUT2D eigenvalue weighted by molar-refractivity contribution is -0.121. The minimum atomic E-state index is -0.0539. The van der Waals surface area contributed by atoms with E-state index in [0.29, 0.717) is 17.4 Å². The number of nitrogens with one attached hydrogen (secondary N) is 1. The second-order valence-corrected chi connectivity index (χ2v) is 6.57. The number of rotatable bonds is 6. The average Bonchev–Trinajstić information content (AvgIpc) is 2.97. The molecule has 21 heavy (non-hydrogen) atoms. The summed E-state index contributed by atoms with van der Waals surface area (Å²) in [5.41, 5.74) is 1.65. The van der Waals surface area contributed by atoms with Crippen molar-refractivity contribution in [1.29, 1.82) is 0 Å². The Bertz CT molecular complexity index is 604. The Morgan fingerprint density at radius 3 is 2.71 bits per heavy atom. The fraction of sp³-hybridized carbons (Fsp3) is 0.533. The molecule has 0 saturated heterocycles. The van der Waals surface area contributed by atoms with Crippen molar-refractivity contribution in [2.45, 2.75) is 46.6 Å². The molecule has 1 atom stereocenters. The summed E-state index contributed by atoms with van der Waals surface area (Å²) in [6, 6.07) is 1.74. The smallest absolute Gasteiger partial charge is 0.226 e. The zero-order valence-corrected chi connectivity index (χ0v) is 13.7. The maximum atomic E-state index is 12.2. The van der Waals surface area contributed by atoms with Crippen LogP contribution in [0.3, 0.4) is 0 Å². The molecule has 1 unspecified atom stereocenters. The molecule has 0 spiro atoms. The molecule has 6 heteroatoms. The van der Waals surface area contributed by atoms with Crippen molar-refractivity contribution in [3.8, 4) is 0 Å². The van der Waals surface area contributed by atoms with Gasteiger partial charge in [0.1, 0.15) is 10.8 Å². The second kappa shape index (κ2) is 6.85. The largest absolute Gasteiger partial charge is 0.361 e. The highest BCUT2D eigenvalue weighted by atomic mass is 32.1. The Balaban J connectivity index is 2.02. The van der Waals surface area contributed by atoms with Crippen LogP contribution in [-0.2, 0) is 11.2 Å². The zero-order chi connectivity index (χ0) is 15.4. The van der Waals surface area contributed by atoms with E-state index in [1.807, 2.05) is 19.2 Å². The fourth-order valence-corrected chi connectivity index (χ4v) is 3.00. The summed E-state index contributed by atoms with van der Waals surface area (Å²) in [6.07, 6.45) is 1.10. The first-order valence-corrected chi connectivity index (χ1v) is 7.95. The highest BCUT2D eigenvalue weighted by Gasteiger charge is 2.19. The van der Waals surface area contributed by atoms with Gasteiger partial charge in [-0.1, -0.05) is 19.0 Å². The van der Waals surface area contributed by atoms with Crippen LogP contribution in [0.1, 0.15) is 48.5 Å². The van der Waals surface area contributed by atoms with Gasteiger partial charge in [-0.25, -0.2) is 4.98 Å². The molecule has 0 aromatic carbocycles. The second-order valence-electron chi connectivity index (χ2n) is 5.68. The van der Waals surface area contributed by atoms with Crippen LogP contribution in [0.2, 0.25) is 0 Å². The molecule has 1 N–H and O–H groups in total. The van der Waals surface area contributed by atoms with Crippen LogP contribution in [0.15, 0.2) is 16.0 Å². The Morgan fingerprint density at radius 2 is 2.19 bits per heavy atom. The maximum absolute atomic E-state index is 12.2. The van der Waals surface area contributed by atoms with Crippen molar-refractivity contribution in [2.24, 2.45) is 5.92 Å². The molecule has 0 saturated carbocycles. The molecule has 2 aromatic heterocycles. The van der Waals surface area contributed by atoms with E-state index < -0.39 is 0 Å². The average molecular weight is 307 g/mol. The maximum Gasteiger partial charge on any atom is 0.226 e. The molecule has 5 nitrogen and oxygen atoms in total. The van der Waals surface area contributed by atoms with Crippen LogP contribution < -0.4 is 5.32 Å². The van der Waals surface area contributed by atoms with Crippen LogP contribution >= 0.6 is 11.3 Å². The number of aryl methyl sites for hydroxylation is 2. The van der Waals surface area contributed by atoms with Gasteiger partial charge in [-0.15, -0.1) is 11.3 Å². The quantitative estimate of drug-likeness (QED) is 0.890. The highest BCUT2D eigenvalue weighted by molar-refractivity contribution is 7.09. The molecule has 114 valence electrons. The molecular weight excluding hydrogens is 286 g/mol. The van der Waals surface area contributed by atoms with E-state index in [1.165, 1.54) is 0 Å². The van der Waals surface area contributed by atoms with Gasteiger partial charge < -0.3 is 9.84 Å². The molecule has 2 heterocycles. The van der Waals surface area contributed by atoms with E-state index in [4.69, 9.17) is 4.52 Å². The predicted octanol–water partition coefficient (Wildman–Crippen LogP) is 3.19. The summed E-state index contributed by atoms with van der Waals surface area (Å²) < 4.78 is 4.98. The van der Waals surface area contributed by atoms with Gasteiger partial charge in [0.2, 0.25) is 5.91 Å². The van der Waals surface area contributed by atoms with Crippen molar-refractivity contribution < 1.29 is 9.32 Å². The Hall–Kier alpha value is -1.69. The van der Waals surface area contributed by atoms with Crippen LogP contribution in [0.5, 0.6) is 0 Å². The summed E-state index contributed by atoms with van der Waals surface area (Å²) in [7, 11) is 0. The first-order valence-electron chi connectivity index (χ1n) is 7.07. The molecule has 0 radical (unpaired) electrons. The van der Waals surface area contributed by atoms with Crippen molar-refractivity contribution in [3.63, 3.8) is 0 Å². The molecule has 0 bridgehead atoms. The molecule has 0 aliphatic rings. The van der Waals surface area contributed by atoms with Crippen LogP contribution in [0, 0.1) is 19.8 Å². The van der Waals surface area contributed by atoms with Crippen molar-refractivity contribution in [3.05, 3.63) is 33.6 Å². The number of nitrogens with zero attached hydrogens (tertiary/aromatic N) is 2. The number of amides is 1. The van der Waals surface area contributed by atoms with Gasteiger partial charge >= 0.3 is 0 Å². The third kappa shape index (κ3) is 4.67. The first-order chi connectivity index (χ1) is 9.94.